The fraction of sp³-hybridized carbons (Fsp3) is 0.467. The fourth-order valence-electron chi connectivity index (χ4n) is 2.85. The molecule has 3 rings (SSSR count). The lowest BCUT2D eigenvalue weighted by Gasteiger charge is -2.33. The number of fused-ring (bicyclic) bond motifs is 1. The SMILES string of the molecule is O=C(O)C1Cc2ccccc2N(C(=O)NC2CCSC2)C1. The highest BCUT2D eigenvalue weighted by Crippen LogP contribution is 2.30. The number of benzene rings is 1. The Kier molecular flexibility index (Phi) is 4.05. The molecule has 0 spiro atoms. The van der Waals surface area contributed by atoms with Crippen LogP contribution in [0.25, 0.3) is 0 Å². The van der Waals surface area contributed by atoms with Crippen LogP contribution in [0.5, 0.6) is 0 Å². The number of nitrogens with one attached hydrogen (secondary N) is 1. The highest BCUT2D eigenvalue weighted by molar-refractivity contribution is 7.99. The fourth-order valence-corrected chi connectivity index (χ4v) is 4.01. The topological polar surface area (TPSA) is 69.6 Å². The van der Waals surface area contributed by atoms with E-state index in [1.165, 1.54) is 0 Å². The van der Waals surface area contributed by atoms with Crippen molar-refractivity contribution in [2.45, 2.75) is 18.9 Å². The van der Waals surface area contributed by atoms with E-state index in [-0.39, 0.29) is 18.6 Å². The minimum atomic E-state index is -0.848. The molecule has 2 aliphatic rings. The molecule has 1 aromatic rings. The van der Waals surface area contributed by atoms with E-state index < -0.39 is 11.9 Å². The predicted octanol–water partition coefficient (Wildman–Crippen LogP) is 1.97. The summed E-state index contributed by atoms with van der Waals surface area (Å²) in [4.78, 5) is 25.4. The van der Waals surface area contributed by atoms with Crippen molar-refractivity contribution in [1.29, 1.82) is 0 Å². The average Bonchev–Trinajstić information content (AvgIpc) is 2.98. The van der Waals surface area contributed by atoms with Gasteiger partial charge in [-0.15, -0.1) is 0 Å². The van der Waals surface area contributed by atoms with Crippen molar-refractivity contribution in [2.75, 3.05) is 23.0 Å². The maximum absolute atomic E-state index is 12.5. The number of hydrogen-bond acceptors (Lipinski definition) is 3. The lowest BCUT2D eigenvalue weighted by molar-refractivity contribution is -0.141. The van der Waals surface area contributed by atoms with Gasteiger partial charge in [0.05, 0.1) is 5.92 Å². The Morgan fingerprint density at radius 1 is 1.33 bits per heavy atom. The molecule has 0 aromatic heterocycles. The van der Waals surface area contributed by atoms with Gasteiger partial charge in [-0.05, 0) is 30.2 Å². The maximum atomic E-state index is 12.5. The molecule has 0 radical (unpaired) electrons. The molecule has 1 aromatic carbocycles. The molecule has 0 saturated carbocycles. The summed E-state index contributed by atoms with van der Waals surface area (Å²) in [7, 11) is 0. The number of para-hydroxylation sites is 1. The Balaban J connectivity index is 1.81. The summed E-state index contributed by atoms with van der Waals surface area (Å²) in [6.07, 6.45) is 1.46. The van der Waals surface area contributed by atoms with Gasteiger partial charge in [-0.25, -0.2) is 4.79 Å². The minimum absolute atomic E-state index is 0.180. The number of thioether (sulfide) groups is 1. The molecule has 2 heterocycles. The minimum Gasteiger partial charge on any atom is -0.481 e. The first-order valence-corrected chi connectivity index (χ1v) is 8.27. The van der Waals surface area contributed by atoms with Crippen molar-refractivity contribution >= 4 is 29.4 Å². The number of amides is 2. The van der Waals surface area contributed by atoms with Crippen molar-refractivity contribution in [3.05, 3.63) is 29.8 Å². The van der Waals surface area contributed by atoms with Crippen LogP contribution in [0.1, 0.15) is 12.0 Å². The normalized spacial score (nSPS) is 24.5. The molecule has 6 heteroatoms. The Bertz CT molecular complexity index is 558. The van der Waals surface area contributed by atoms with Gasteiger partial charge in [0.25, 0.3) is 0 Å². The number of carboxylic acid groups (broad SMARTS) is 1. The van der Waals surface area contributed by atoms with Gasteiger partial charge in [-0.2, -0.15) is 11.8 Å². The van der Waals surface area contributed by atoms with Gasteiger partial charge in [-0.1, -0.05) is 18.2 Å². The first-order chi connectivity index (χ1) is 10.1. The lowest BCUT2D eigenvalue weighted by atomic mass is 9.93. The third kappa shape index (κ3) is 3.00. The Morgan fingerprint density at radius 3 is 2.86 bits per heavy atom. The van der Waals surface area contributed by atoms with Crippen LogP contribution in [-0.2, 0) is 11.2 Å². The zero-order valence-corrected chi connectivity index (χ0v) is 12.4. The number of aliphatic carboxylic acids is 1. The molecule has 21 heavy (non-hydrogen) atoms. The molecule has 5 nitrogen and oxygen atoms in total. The van der Waals surface area contributed by atoms with Crippen LogP contribution < -0.4 is 10.2 Å². The summed E-state index contributed by atoms with van der Waals surface area (Å²) in [6, 6.07) is 7.56. The van der Waals surface area contributed by atoms with Crippen LogP contribution >= 0.6 is 11.8 Å². The molecule has 112 valence electrons. The maximum Gasteiger partial charge on any atom is 0.322 e. The van der Waals surface area contributed by atoms with Crippen LogP contribution in [0, 0.1) is 5.92 Å². The molecule has 1 fully saturated rings. The second-order valence-electron chi connectivity index (χ2n) is 5.49. The first kappa shape index (κ1) is 14.3. The van der Waals surface area contributed by atoms with Gasteiger partial charge in [0.1, 0.15) is 0 Å². The van der Waals surface area contributed by atoms with Gasteiger partial charge in [0.2, 0.25) is 0 Å². The quantitative estimate of drug-likeness (QED) is 0.876. The molecule has 0 aliphatic carbocycles. The molecule has 1 saturated heterocycles. The van der Waals surface area contributed by atoms with Crippen LogP contribution in [0.4, 0.5) is 10.5 Å². The predicted molar refractivity (Wildman–Crippen MR) is 82.9 cm³/mol. The molecule has 2 atom stereocenters. The van der Waals surface area contributed by atoms with Crippen LogP contribution in [-0.4, -0.2) is 41.2 Å². The van der Waals surface area contributed by atoms with E-state index in [0.29, 0.717) is 6.42 Å². The molecule has 2 aliphatic heterocycles. The van der Waals surface area contributed by atoms with E-state index in [2.05, 4.69) is 5.32 Å². The smallest absolute Gasteiger partial charge is 0.322 e. The third-order valence-corrected chi connectivity index (χ3v) is 5.17. The molecular weight excluding hydrogens is 288 g/mol. The standard InChI is InChI=1S/C15H18N2O3S/c18-14(19)11-7-10-3-1-2-4-13(10)17(8-11)15(20)16-12-5-6-21-9-12/h1-4,11-12H,5-9H2,(H,16,20)(H,18,19). The number of anilines is 1. The van der Waals surface area contributed by atoms with Gasteiger partial charge in [0, 0.05) is 24.0 Å². The summed E-state index contributed by atoms with van der Waals surface area (Å²) >= 11 is 1.83. The largest absolute Gasteiger partial charge is 0.481 e. The van der Waals surface area contributed by atoms with E-state index in [1.807, 2.05) is 36.0 Å². The number of carboxylic acids is 1. The van der Waals surface area contributed by atoms with E-state index in [1.54, 1.807) is 4.90 Å². The van der Waals surface area contributed by atoms with Crippen molar-refractivity contribution < 1.29 is 14.7 Å². The number of carbonyl (C=O) groups is 2. The number of nitrogens with zero attached hydrogens (tertiary/aromatic N) is 1. The summed E-state index contributed by atoms with van der Waals surface area (Å²) in [6.45, 7) is 0.234. The van der Waals surface area contributed by atoms with Crippen LogP contribution in [0.2, 0.25) is 0 Å². The third-order valence-electron chi connectivity index (χ3n) is 4.00. The summed E-state index contributed by atoms with van der Waals surface area (Å²) < 4.78 is 0. The van der Waals surface area contributed by atoms with Crippen molar-refractivity contribution in [1.82, 2.24) is 5.32 Å². The summed E-state index contributed by atoms with van der Waals surface area (Å²) in [5, 5.41) is 12.3. The molecular formula is C15H18N2O3S. The molecule has 2 N–H and O–H groups in total. The number of carbonyl (C=O) groups excluding carboxylic acids is 1. The van der Waals surface area contributed by atoms with Gasteiger partial charge in [0.15, 0.2) is 0 Å². The van der Waals surface area contributed by atoms with E-state index >= 15 is 0 Å². The Hall–Kier alpha value is -1.69. The number of urea groups is 1. The zero-order valence-electron chi connectivity index (χ0n) is 11.6. The molecule has 2 unspecified atom stereocenters. The van der Waals surface area contributed by atoms with E-state index in [4.69, 9.17) is 0 Å². The lowest BCUT2D eigenvalue weighted by Crippen LogP contribution is -2.50. The highest BCUT2D eigenvalue weighted by atomic mass is 32.2. The van der Waals surface area contributed by atoms with Gasteiger partial charge in [-0.3, -0.25) is 9.69 Å². The zero-order chi connectivity index (χ0) is 14.8. The van der Waals surface area contributed by atoms with Gasteiger partial charge >= 0.3 is 12.0 Å². The van der Waals surface area contributed by atoms with E-state index in [0.717, 1.165) is 29.2 Å². The summed E-state index contributed by atoms with van der Waals surface area (Å²) in [5.41, 5.74) is 1.75. The van der Waals surface area contributed by atoms with Crippen LogP contribution in [0.15, 0.2) is 24.3 Å². The monoisotopic (exact) mass is 306 g/mol. The number of hydrogen-bond donors (Lipinski definition) is 2. The van der Waals surface area contributed by atoms with Crippen molar-refractivity contribution in [2.24, 2.45) is 5.92 Å². The summed E-state index contributed by atoms with van der Waals surface area (Å²) in [5.74, 6) is 0.616. The van der Waals surface area contributed by atoms with Gasteiger partial charge < -0.3 is 10.4 Å². The van der Waals surface area contributed by atoms with Crippen molar-refractivity contribution in [3.8, 4) is 0 Å². The Labute approximate surface area is 127 Å². The average molecular weight is 306 g/mol. The molecule has 2 amide bonds. The van der Waals surface area contributed by atoms with Crippen LogP contribution in [0.3, 0.4) is 0 Å². The first-order valence-electron chi connectivity index (χ1n) is 7.11. The highest BCUT2D eigenvalue weighted by Gasteiger charge is 2.33. The van der Waals surface area contributed by atoms with Crippen molar-refractivity contribution in [3.63, 3.8) is 0 Å². The Morgan fingerprint density at radius 2 is 2.14 bits per heavy atom. The second kappa shape index (κ2) is 5.97. The van der Waals surface area contributed by atoms with E-state index in [9.17, 15) is 14.7 Å². The molecule has 0 bridgehead atoms. The second-order valence-corrected chi connectivity index (χ2v) is 6.64. The number of rotatable bonds is 2.